The van der Waals surface area contributed by atoms with E-state index in [0.29, 0.717) is 0 Å². The minimum Gasteiger partial charge on any atom is -0.302 e. The van der Waals surface area contributed by atoms with Gasteiger partial charge in [-0.05, 0) is 41.3 Å². The molecule has 0 saturated heterocycles. The van der Waals surface area contributed by atoms with E-state index in [4.69, 9.17) is 0 Å². The summed E-state index contributed by atoms with van der Waals surface area (Å²) in [5.41, 5.74) is 4.73. The van der Waals surface area contributed by atoms with E-state index in [1.807, 2.05) is 18.2 Å². The molecule has 1 aliphatic heterocycles. The Kier molecular flexibility index (Phi) is 2.45. The number of fused-ring (bicyclic) bond motifs is 1. The van der Waals surface area contributed by atoms with Crippen molar-refractivity contribution in [1.29, 1.82) is 0 Å². The molecule has 1 heterocycles. The lowest BCUT2D eigenvalue weighted by Gasteiger charge is -2.15. The van der Waals surface area contributed by atoms with Gasteiger partial charge in [-0.1, -0.05) is 30.3 Å². The molecule has 86 valence electrons. The van der Waals surface area contributed by atoms with Crippen LogP contribution in [0.1, 0.15) is 28.3 Å². The van der Waals surface area contributed by atoms with Crippen LogP contribution in [0.4, 0.5) is 4.39 Å². The van der Waals surface area contributed by atoms with Crippen molar-refractivity contribution < 1.29 is 4.39 Å². The first kappa shape index (κ1) is 10.5. The Balaban J connectivity index is 2.10. The van der Waals surface area contributed by atoms with E-state index in [1.54, 1.807) is 6.07 Å². The first-order valence-corrected chi connectivity index (χ1v) is 5.83. The van der Waals surface area contributed by atoms with Crippen LogP contribution in [0.5, 0.6) is 0 Å². The number of benzene rings is 2. The molecule has 0 radical (unpaired) electrons. The summed E-state index contributed by atoms with van der Waals surface area (Å²) in [6, 6.07) is 13.4. The number of hydrogen-bond acceptors (Lipinski definition) is 1. The molecule has 1 atom stereocenters. The summed E-state index contributed by atoms with van der Waals surface area (Å²) in [7, 11) is 0. The van der Waals surface area contributed by atoms with E-state index >= 15 is 0 Å². The minimum absolute atomic E-state index is 0.127. The lowest BCUT2D eigenvalue weighted by atomic mass is 9.95. The van der Waals surface area contributed by atoms with Crippen LogP contribution in [-0.2, 0) is 6.54 Å². The number of hydrogen-bond donors (Lipinski definition) is 1. The van der Waals surface area contributed by atoms with E-state index in [1.165, 1.54) is 22.8 Å². The zero-order valence-electron chi connectivity index (χ0n) is 9.70. The smallest absolute Gasteiger partial charge is 0.123 e. The molecule has 0 aromatic heterocycles. The Bertz CT molecular complexity index is 563. The molecule has 2 aromatic carbocycles. The number of aryl methyl sites for hydroxylation is 1. The van der Waals surface area contributed by atoms with Gasteiger partial charge in [0.05, 0.1) is 6.04 Å². The molecule has 0 fully saturated rings. The second kappa shape index (κ2) is 3.97. The maximum Gasteiger partial charge on any atom is 0.123 e. The average molecular weight is 227 g/mol. The maximum atomic E-state index is 13.3. The summed E-state index contributed by atoms with van der Waals surface area (Å²) >= 11 is 0. The molecule has 3 rings (SSSR count). The van der Waals surface area contributed by atoms with E-state index in [0.717, 1.165) is 12.1 Å². The second-order valence-corrected chi connectivity index (χ2v) is 4.51. The van der Waals surface area contributed by atoms with Crippen molar-refractivity contribution in [2.24, 2.45) is 0 Å². The molecule has 1 unspecified atom stereocenters. The molecule has 0 spiro atoms. The molecule has 0 amide bonds. The second-order valence-electron chi connectivity index (χ2n) is 4.51. The molecule has 1 nitrogen and oxygen atoms in total. The van der Waals surface area contributed by atoms with Gasteiger partial charge in [0, 0.05) is 6.54 Å². The fraction of sp³-hybridized carbons (Fsp3) is 0.200. The van der Waals surface area contributed by atoms with Gasteiger partial charge in [-0.15, -0.1) is 0 Å². The number of rotatable bonds is 1. The van der Waals surface area contributed by atoms with Crippen LogP contribution < -0.4 is 5.32 Å². The predicted octanol–water partition coefficient (Wildman–Crippen LogP) is 3.33. The van der Waals surface area contributed by atoms with Crippen LogP contribution in [0.25, 0.3) is 0 Å². The summed E-state index contributed by atoms with van der Waals surface area (Å²) < 4.78 is 13.3. The van der Waals surface area contributed by atoms with E-state index < -0.39 is 0 Å². The summed E-state index contributed by atoms with van der Waals surface area (Å²) in [6.45, 7) is 2.91. The summed E-state index contributed by atoms with van der Waals surface area (Å²) in [5.74, 6) is -0.161. The summed E-state index contributed by atoms with van der Waals surface area (Å²) in [5, 5.41) is 3.44. The lowest BCUT2D eigenvalue weighted by molar-refractivity contribution is 0.621. The van der Waals surface area contributed by atoms with Gasteiger partial charge in [-0.2, -0.15) is 0 Å². The van der Waals surface area contributed by atoms with E-state index in [-0.39, 0.29) is 11.9 Å². The van der Waals surface area contributed by atoms with Gasteiger partial charge in [0.15, 0.2) is 0 Å². The van der Waals surface area contributed by atoms with Gasteiger partial charge >= 0.3 is 0 Å². The van der Waals surface area contributed by atoms with Gasteiger partial charge in [-0.25, -0.2) is 4.39 Å². The van der Waals surface area contributed by atoms with Crippen LogP contribution in [0.3, 0.4) is 0 Å². The quantitative estimate of drug-likeness (QED) is 0.788. The number of halogens is 1. The highest BCUT2D eigenvalue weighted by Crippen LogP contribution is 2.32. The van der Waals surface area contributed by atoms with Gasteiger partial charge in [0.25, 0.3) is 0 Å². The Morgan fingerprint density at radius 2 is 1.94 bits per heavy atom. The van der Waals surface area contributed by atoms with Gasteiger partial charge in [-0.3, -0.25) is 0 Å². The molecular formula is C15H14FN. The first-order chi connectivity index (χ1) is 8.25. The third-order valence-corrected chi connectivity index (χ3v) is 3.42. The highest BCUT2D eigenvalue weighted by Gasteiger charge is 2.24. The Labute approximate surface area is 100 Å². The van der Waals surface area contributed by atoms with Crippen LogP contribution in [0.2, 0.25) is 0 Å². The highest BCUT2D eigenvalue weighted by molar-refractivity contribution is 5.43. The Morgan fingerprint density at radius 1 is 1.12 bits per heavy atom. The molecule has 2 aromatic rings. The topological polar surface area (TPSA) is 12.0 Å². The van der Waals surface area contributed by atoms with Crippen molar-refractivity contribution in [1.82, 2.24) is 5.32 Å². The molecule has 1 N–H and O–H groups in total. The fourth-order valence-corrected chi connectivity index (χ4v) is 2.51. The van der Waals surface area contributed by atoms with Crippen molar-refractivity contribution >= 4 is 0 Å². The molecule has 17 heavy (non-hydrogen) atoms. The predicted molar refractivity (Wildman–Crippen MR) is 66.3 cm³/mol. The van der Waals surface area contributed by atoms with E-state index in [2.05, 4.69) is 24.4 Å². The zero-order valence-corrected chi connectivity index (χ0v) is 9.70. The summed E-state index contributed by atoms with van der Waals surface area (Å²) in [4.78, 5) is 0. The lowest BCUT2D eigenvalue weighted by Crippen LogP contribution is -2.14. The van der Waals surface area contributed by atoms with Crippen LogP contribution in [0, 0.1) is 12.7 Å². The van der Waals surface area contributed by atoms with Crippen LogP contribution in [0.15, 0.2) is 42.5 Å². The largest absolute Gasteiger partial charge is 0.302 e. The molecule has 1 aliphatic rings. The SMILES string of the molecule is Cc1ccccc1C1NCc2ccc(F)cc21. The van der Waals surface area contributed by atoms with Crippen LogP contribution >= 0.6 is 0 Å². The zero-order chi connectivity index (χ0) is 11.8. The first-order valence-electron chi connectivity index (χ1n) is 5.83. The fourth-order valence-electron chi connectivity index (χ4n) is 2.51. The molecule has 2 heteroatoms. The third-order valence-electron chi connectivity index (χ3n) is 3.42. The van der Waals surface area contributed by atoms with Crippen molar-refractivity contribution in [2.45, 2.75) is 19.5 Å². The normalized spacial score (nSPS) is 18.1. The van der Waals surface area contributed by atoms with Crippen LogP contribution in [-0.4, -0.2) is 0 Å². The third kappa shape index (κ3) is 1.75. The molecular weight excluding hydrogens is 213 g/mol. The standard InChI is InChI=1S/C15H14FN/c1-10-4-2-3-5-13(10)15-14-8-12(16)7-6-11(14)9-17-15/h2-8,15,17H,9H2,1H3. The van der Waals surface area contributed by atoms with Crippen molar-refractivity contribution in [3.05, 3.63) is 70.5 Å². The number of nitrogens with one attached hydrogen (secondary N) is 1. The highest BCUT2D eigenvalue weighted by atomic mass is 19.1. The Hall–Kier alpha value is -1.67. The average Bonchev–Trinajstić information content (AvgIpc) is 2.72. The van der Waals surface area contributed by atoms with Gasteiger partial charge in [0.2, 0.25) is 0 Å². The summed E-state index contributed by atoms with van der Waals surface area (Å²) in [6.07, 6.45) is 0. The van der Waals surface area contributed by atoms with Crippen molar-refractivity contribution in [3.63, 3.8) is 0 Å². The molecule has 0 bridgehead atoms. The monoisotopic (exact) mass is 227 g/mol. The van der Waals surface area contributed by atoms with Gasteiger partial charge < -0.3 is 5.32 Å². The van der Waals surface area contributed by atoms with Gasteiger partial charge in [0.1, 0.15) is 5.82 Å². The van der Waals surface area contributed by atoms with Crippen molar-refractivity contribution in [3.8, 4) is 0 Å². The van der Waals surface area contributed by atoms with E-state index in [9.17, 15) is 4.39 Å². The minimum atomic E-state index is -0.161. The molecule has 0 aliphatic carbocycles. The maximum absolute atomic E-state index is 13.3. The Morgan fingerprint density at radius 3 is 2.76 bits per heavy atom. The van der Waals surface area contributed by atoms with Crippen molar-refractivity contribution in [2.75, 3.05) is 0 Å². The molecule has 0 saturated carbocycles.